The Labute approximate surface area is 131 Å². The quantitative estimate of drug-likeness (QED) is 0.501. The van der Waals surface area contributed by atoms with Crippen molar-refractivity contribution in [3.8, 4) is 5.95 Å². The van der Waals surface area contributed by atoms with Crippen molar-refractivity contribution >= 4 is 51.0 Å². The van der Waals surface area contributed by atoms with E-state index in [2.05, 4.69) is 74.7 Å². The van der Waals surface area contributed by atoms with Crippen molar-refractivity contribution in [2.45, 2.75) is 0 Å². The predicted molar refractivity (Wildman–Crippen MR) is 92.2 cm³/mol. The van der Waals surface area contributed by atoms with Gasteiger partial charge < -0.3 is 0 Å². The molecule has 21 heavy (non-hydrogen) atoms. The molecular weight excluding hydrogens is 325 g/mol. The van der Waals surface area contributed by atoms with Crippen LogP contribution in [0.2, 0.25) is 0 Å². The summed E-state index contributed by atoms with van der Waals surface area (Å²) in [4.78, 5) is 8.83. The van der Waals surface area contributed by atoms with Crippen LogP contribution in [0.4, 0.5) is 0 Å². The van der Waals surface area contributed by atoms with Gasteiger partial charge >= 0.3 is 0 Å². The number of benzene rings is 2. The lowest BCUT2D eigenvalue weighted by Crippen LogP contribution is -2.04. The summed E-state index contributed by atoms with van der Waals surface area (Å²) in [6.45, 7) is 0. The van der Waals surface area contributed by atoms with Crippen molar-refractivity contribution in [1.82, 2.24) is 14.5 Å². The number of aromatic nitrogens is 3. The molecule has 0 amide bonds. The molecule has 0 N–H and O–H groups in total. The highest BCUT2D eigenvalue weighted by Gasteiger charge is 2.13. The molecule has 2 aromatic heterocycles. The first-order valence-electron chi connectivity index (χ1n) is 6.72. The average molecular weight is 336 g/mol. The molecule has 0 aliphatic carbocycles. The van der Waals surface area contributed by atoms with Gasteiger partial charge in [-0.1, -0.05) is 39.6 Å². The van der Waals surface area contributed by atoms with Crippen LogP contribution in [0.1, 0.15) is 0 Å². The number of rotatable bonds is 1. The second-order valence-corrected chi connectivity index (χ2v) is 5.98. The van der Waals surface area contributed by atoms with E-state index in [-0.39, 0.29) is 0 Å². The van der Waals surface area contributed by atoms with Crippen LogP contribution >= 0.6 is 15.9 Å². The van der Waals surface area contributed by atoms with E-state index in [1.54, 1.807) is 12.4 Å². The third kappa shape index (κ3) is 1.96. The van der Waals surface area contributed by atoms with Crippen molar-refractivity contribution in [3.05, 3.63) is 59.3 Å². The molecule has 3 nitrogen and oxygen atoms in total. The summed E-state index contributed by atoms with van der Waals surface area (Å²) in [7, 11) is 2.10. The van der Waals surface area contributed by atoms with Crippen molar-refractivity contribution in [3.63, 3.8) is 0 Å². The highest BCUT2D eigenvalue weighted by atomic mass is 79.9. The number of hydrogen-bond donors (Lipinski definition) is 0. The zero-order valence-corrected chi connectivity index (χ0v) is 13.0. The maximum atomic E-state index is 4.42. The molecule has 0 aliphatic heterocycles. The molecule has 0 saturated heterocycles. The van der Waals surface area contributed by atoms with E-state index in [4.69, 9.17) is 0 Å². The third-order valence-corrected chi connectivity index (χ3v) is 4.13. The maximum absolute atomic E-state index is 4.42. The average Bonchev–Trinajstić information content (AvgIpc) is 2.80. The highest BCUT2D eigenvalue weighted by Crippen LogP contribution is 2.31. The van der Waals surface area contributed by atoms with Crippen LogP contribution in [0.25, 0.3) is 27.8 Å². The SMILES string of the molecule is Bc1ccc2c3ccc(Br)cc3n(-c3ncccn3)c2c1. The summed E-state index contributed by atoms with van der Waals surface area (Å²) in [6.07, 6.45) is 3.54. The lowest BCUT2D eigenvalue weighted by atomic mass is 9.95. The molecule has 0 radical (unpaired) electrons. The molecule has 2 heterocycles. The Morgan fingerprint density at radius 3 is 2.33 bits per heavy atom. The molecule has 0 spiro atoms. The Balaban J connectivity index is 2.24. The second-order valence-electron chi connectivity index (χ2n) is 5.07. The smallest absolute Gasteiger partial charge is 0.234 e. The molecule has 0 saturated carbocycles. The van der Waals surface area contributed by atoms with Crippen LogP contribution in [-0.4, -0.2) is 22.4 Å². The first kappa shape index (κ1) is 12.6. The standard InChI is InChI=1S/C16H11BBrN3/c17-10-2-4-12-13-5-3-11(18)9-15(13)21(14(12)8-10)16-19-6-1-7-20-16/h1-9H,17H2. The Hall–Kier alpha value is -2.14. The molecule has 2 aromatic carbocycles. The van der Waals surface area contributed by atoms with Gasteiger partial charge in [-0.05, 0) is 24.3 Å². The van der Waals surface area contributed by atoms with Gasteiger partial charge in [0, 0.05) is 27.6 Å². The highest BCUT2D eigenvalue weighted by molar-refractivity contribution is 9.10. The fourth-order valence-corrected chi connectivity index (χ4v) is 3.07. The summed E-state index contributed by atoms with van der Waals surface area (Å²) in [6, 6.07) is 14.6. The molecule has 0 bridgehead atoms. The van der Waals surface area contributed by atoms with Crippen LogP contribution in [0.5, 0.6) is 0 Å². The molecule has 100 valence electrons. The molecule has 5 heteroatoms. The molecule has 0 unspecified atom stereocenters. The predicted octanol–water partition coefficient (Wildman–Crippen LogP) is 2.59. The molecule has 0 aliphatic rings. The fraction of sp³-hybridized carbons (Fsp3) is 0. The third-order valence-electron chi connectivity index (χ3n) is 3.64. The van der Waals surface area contributed by atoms with E-state index in [0.29, 0.717) is 5.95 Å². The first-order chi connectivity index (χ1) is 10.2. The lowest BCUT2D eigenvalue weighted by molar-refractivity contribution is 0.988. The van der Waals surface area contributed by atoms with E-state index in [1.165, 1.54) is 16.2 Å². The number of halogens is 1. The van der Waals surface area contributed by atoms with Gasteiger partial charge in [0.25, 0.3) is 0 Å². The van der Waals surface area contributed by atoms with Gasteiger partial charge in [-0.25, -0.2) is 9.97 Å². The summed E-state index contributed by atoms with van der Waals surface area (Å²) in [5, 5.41) is 2.43. The molecule has 0 fully saturated rings. The molecule has 0 atom stereocenters. The summed E-state index contributed by atoms with van der Waals surface area (Å²) in [5.74, 6) is 0.696. The largest absolute Gasteiger partial charge is 0.278 e. The Morgan fingerprint density at radius 2 is 1.57 bits per heavy atom. The number of nitrogens with zero attached hydrogens (tertiary/aromatic N) is 3. The van der Waals surface area contributed by atoms with Crippen LogP contribution < -0.4 is 5.46 Å². The van der Waals surface area contributed by atoms with Crippen LogP contribution in [-0.2, 0) is 0 Å². The van der Waals surface area contributed by atoms with Crippen LogP contribution in [0, 0.1) is 0 Å². The van der Waals surface area contributed by atoms with Gasteiger partial charge in [-0.3, -0.25) is 4.57 Å². The zero-order valence-electron chi connectivity index (χ0n) is 11.4. The van der Waals surface area contributed by atoms with Gasteiger partial charge in [0.1, 0.15) is 7.85 Å². The first-order valence-corrected chi connectivity index (χ1v) is 7.51. The minimum absolute atomic E-state index is 0.696. The fourth-order valence-electron chi connectivity index (χ4n) is 2.72. The van der Waals surface area contributed by atoms with Crippen molar-refractivity contribution in [2.75, 3.05) is 0 Å². The minimum Gasteiger partial charge on any atom is -0.278 e. The van der Waals surface area contributed by atoms with Gasteiger partial charge in [0.15, 0.2) is 0 Å². The van der Waals surface area contributed by atoms with Gasteiger partial charge in [0.2, 0.25) is 5.95 Å². The molecular formula is C16H11BBrN3. The van der Waals surface area contributed by atoms with E-state index in [9.17, 15) is 0 Å². The second kappa shape index (κ2) is 4.70. The van der Waals surface area contributed by atoms with Crippen molar-refractivity contribution in [2.24, 2.45) is 0 Å². The molecule has 4 rings (SSSR count). The van der Waals surface area contributed by atoms with E-state index in [0.717, 1.165) is 15.5 Å². The monoisotopic (exact) mass is 335 g/mol. The minimum atomic E-state index is 0.696. The maximum Gasteiger partial charge on any atom is 0.234 e. The summed E-state index contributed by atoms with van der Waals surface area (Å²) < 4.78 is 3.16. The van der Waals surface area contributed by atoms with Crippen LogP contribution in [0.3, 0.4) is 0 Å². The Bertz CT molecular complexity index is 904. The zero-order chi connectivity index (χ0) is 14.4. The number of fused-ring (bicyclic) bond motifs is 3. The van der Waals surface area contributed by atoms with E-state index in [1.807, 2.05) is 6.07 Å². The summed E-state index contributed by atoms with van der Waals surface area (Å²) >= 11 is 3.56. The van der Waals surface area contributed by atoms with E-state index >= 15 is 0 Å². The molecule has 4 aromatic rings. The van der Waals surface area contributed by atoms with Gasteiger partial charge in [-0.2, -0.15) is 0 Å². The number of hydrogen-bond acceptors (Lipinski definition) is 2. The Morgan fingerprint density at radius 1 is 0.905 bits per heavy atom. The Kier molecular flexibility index (Phi) is 2.82. The van der Waals surface area contributed by atoms with Crippen molar-refractivity contribution < 1.29 is 0 Å². The van der Waals surface area contributed by atoms with Gasteiger partial charge in [0.05, 0.1) is 11.0 Å². The lowest BCUT2D eigenvalue weighted by Gasteiger charge is -2.05. The normalized spacial score (nSPS) is 11.3. The van der Waals surface area contributed by atoms with E-state index < -0.39 is 0 Å². The van der Waals surface area contributed by atoms with Gasteiger partial charge in [-0.15, -0.1) is 0 Å². The topological polar surface area (TPSA) is 30.7 Å². The summed E-state index contributed by atoms with van der Waals surface area (Å²) in [5.41, 5.74) is 3.46. The van der Waals surface area contributed by atoms with Crippen LogP contribution in [0.15, 0.2) is 59.3 Å². The van der Waals surface area contributed by atoms with Crippen molar-refractivity contribution in [1.29, 1.82) is 0 Å².